The summed E-state index contributed by atoms with van der Waals surface area (Å²) < 4.78 is 5.25. The first-order chi connectivity index (χ1) is 15.0. The molecule has 0 saturated heterocycles. The van der Waals surface area contributed by atoms with Crippen molar-refractivity contribution in [3.05, 3.63) is 23.2 Å². The Labute approximate surface area is 193 Å². The Morgan fingerprint density at radius 3 is 2.47 bits per heavy atom. The van der Waals surface area contributed by atoms with Crippen molar-refractivity contribution in [1.82, 2.24) is 15.7 Å². The van der Waals surface area contributed by atoms with Crippen molar-refractivity contribution in [2.24, 2.45) is 11.3 Å². The summed E-state index contributed by atoms with van der Waals surface area (Å²) in [6.07, 6.45) is 4.13. The van der Waals surface area contributed by atoms with Crippen LogP contribution >= 0.6 is 11.6 Å². The van der Waals surface area contributed by atoms with E-state index >= 15 is 0 Å². The van der Waals surface area contributed by atoms with Crippen LogP contribution in [0, 0.1) is 11.3 Å². The number of benzene rings is 1. The minimum Gasteiger partial charge on any atom is -0.495 e. The molecule has 1 fully saturated rings. The molecule has 32 heavy (non-hydrogen) atoms. The maximum Gasteiger partial charge on any atom is 0.320 e. The van der Waals surface area contributed by atoms with Gasteiger partial charge in [-0.05, 0) is 42.4 Å². The van der Waals surface area contributed by atoms with Crippen molar-refractivity contribution in [2.45, 2.75) is 52.5 Å². The van der Waals surface area contributed by atoms with Crippen molar-refractivity contribution in [3.63, 3.8) is 0 Å². The van der Waals surface area contributed by atoms with Gasteiger partial charge in [0.1, 0.15) is 18.3 Å². The molecule has 0 bridgehead atoms. The fourth-order valence-electron chi connectivity index (χ4n) is 3.84. The minimum atomic E-state index is -0.916. The molecule has 0 unspecified atom stereocenters. The summed E-state index contributed by atoms with van der Waals surface area (Å²) in [4.78, 5) is 39.5. The summed E-state index contributed by atoms with van der Waals surface area (Å²) >= 11 is 6.02. The van der Waals surface area contributed by atoms with Gasteiger partial charge in [0.05, 0.1) is 12.8 Å². The summed E-state index contributed by atoms with van der Waals surface area (Å²) in [5, 5.41) is 14.8. The van der Waals surface area contributed by atoms with E-state index in [4.69, 9.17) is 21.5 Å². The second-order valence-corrected chi connectivity index (χ2v) is 9.58. The number of hydrogen-bond donors (Lipinski definition) is 4. The summed E-state index contributed by atoms with van der Waals surface area (Å²) in [5.41, 5.74) is 1.30. The van der Waals surface area contributed by atoms with E-state index in [2.05, 4.69) is 10.6 Å². The van der Waals surface area contributed by atoms with Crippen LogP contribution in [0.2, 0.25) is 5.02 Å². The van der Waals surface area contributed by atoms with Gasteiger partial charge in [0, 0.05) is 11.6 Å². The Balaban J connectivity index is 2.20. The second kappa shape index (κ2) is 11.4. The lowest BCUT2D eigenvalue weighted by atomic mass is 9.85. The van der Waals surface area contributed by atoms with E-state index in [1.54, 1.807) is 23.7 Å². The van der Waals surface area contributed by atoms with Crippen LogP contribution in [0.4, 0.5) is 10.5 Å². The third-order valence-electron chi connectivity index (χ3n) is 5.52. The molecule has 10 heteroatoms. The fraction of sp³-hybridized carbons (Fsp3) is 0.591. The maximum atomic E-state index is 13.5. The zero-order valence-electron chi connectivity index (χ0n) is 19.0. The van der Waals surface area contributed by atoms with Crippen LogP contribution in [0.5, 0.6) is 5.75 Å². The zero-order valence-corrected chi connectivity index (χ0v) is 19.8. The van der Waals surface area contributed by atoms with Crippen LogP contribution in [0.15, 0.2) is 18.2 Å². The molecular weight excluding hydrogens is 436 g/mol. The van der Waals surface area contributed by atoms with Gasteiger partial charge in [-0.1, -0.05) is 45.2 Å². The van der Waals surface area contributed by atoms with Crippen LogP contribution in [-0.2, 0) is 9.59 Å². The number of hydroxylamine groups is 1. The van der Waals surface area contributed by atoms with E-state index in [9.17, 15) is 14.4 Å². The predicted octanol–water partition coefficient (Wildman–Crippen LogP) is 3.41. The number of urea groups is 1. The van der Waals surface area contributed by atoms with Gasteiger partial charge in [0.15, 0.2) is 0 Å². The maximum absolute atomic E-state index is 13.5. The van der Waals surface area contributed by atoms with Crippen molar-refractivity contribution in [2.75, 3.05) is 25.5 Å². The van der Waals surface area contributed by atoms with Crippen LogP contribution in [0.1, 0.15) is 46.5 Å². The highest BCUT2D eigenvalue weighted by atomic mass is 35.5. The average Bonchev–Trinajstić information content (AvgIpc) is 3.23. The Bertz CT molecular complexity index is 821. The summed E-state index contributed by atoms with van der Waals surface area (Å²) in [6, 6.07) is 3.29. The normalized spacial score (nSPS) is 15.1. The second-order valence-electron chi connectivity index (χ2n) is 9.15. The quantitative estimate of drug-likeness (QED) is 0.344. The molecule has 1 aliphatic rings. The first-order valence-electron chi connectivity index (χ1n) is 10.7. The number of rotatable bonds is 8. The number of methoxy groups -OCH3 is 1. The Kier molecular flexibility index (Phi) is 9.15. The molecule has 1 aliphatic carbocycles. The SMILES string of the molecule is COc1ccc(Cl)cc1NC(=O)N[C@H](C(=O)N(CC(=O)NO)CC1CCCC1)C(C)(C)C. The molecule has 2 rings (SSSR count). The molecule has 0 spiro atoms. The first kappa shape index (κ1) is 25.7. The fourth-order valence-corrected chi connectivity index (χ4v) is 4.02. The molecular formula is C22H33ClN4O5. The van der Waals surface area contributed by atoms with Crippen molar-refractivity contribution < 1.29 is 24.3 Å². The van der Waals surface area contributed by atoms with Crippen molar-refractivity contribution >= 4 is 35.1 Å². The Hall–Kier alpha value is -2.52. The molecule has 4 amide bonds. The lowest BCUT2D eigenvalue weighted by Crippen LogP contribution is -2.57. The highest BCUT2D eigenvalue weighted by molar-refractivity contribution is 6.31. The third kappa shape index (κ3) is 7.27. The van der Waals surface area contributed by atoms with Gasteiger partial charge < -0.3 is 20.3 Å². The molecule has 4 N–H and O–H groups in total. The molecule has 1 saturated carbocycles. The van der Waals surface area contributed by atoms with E-state index in [1.165, 1.54) is 12.0 Å². The lowest BCUT2D eigenvalue weighted by molar-refractivity contribution is -0.142. The van der Waals surface area contributed by atoms with Crippen LogP contribution in [0.25, 0.3) is 0 Å². The van der Waals surface area contributed by atoms with Crippen molar-refractivity contribution in [3.8, 4) is 5.75 Å². The molecule has 178 valence electrons. The number of ether oxygens (including phenoxy) is 1. The monoisotopic (exact) mass is 468 g/mol. The summed E-state index contributed by atoms with van der Waals surface area (Å²) in [5.74, 6) is -0.361. The molecule has 0 radical (unpaired) electrons. The first-order valence-corrected chi connectivity index (χ1v) is 11.1. The van der Waals surface area contributed by atoms with Gasteiger partial charge in [-0.25, -0.2) is 10.3 Å². The van der Waals surface area contributed by atoms with Gasteiger partial charge in [0.2, 0.25) is 5.91 Å². The largest absolute Gasteiger partial charge is 0.495 e. The number of halogens is 1. The van der Waals surface area contributed by atoms with Crippen LogP contribution < -0.4 is 20.9 Å². The third-order valence-corrected chi connectivity index (χ3v) is 5.76. The Morgan fingerprint density at radius 1 is 1.25 bits per heavy atom. The molecule has 1 aromatic rings. The van der Waals surface area contributed by atoms with Gasteiger partial charge >= 0.3 is 6.03 Å². The van der Waals surface area contributed by atoms with Gasteiger partial charge in [-0.3, -0.25) is 14.8 Å². The van der Waals surface area contributed by atoms with E-state index < -0.39 is 23.4 Å². The van der Waals surface area contributed by atoms with Gasteiger partial charge in [0.25, 0.3) is 5.91 Å². The molecule has 0 aromatic heterocycles. The summed E-state index contributed by atoms with van der Waals surface area (Å²) in [6.45, 7) is 5.59. The van der Waals surface area contributed by atoms with E-state index in [1.807, 2.05) is 20.8 Å². The standard InChI is InChI=1S/C22H33ClN4O5/c1-22(2,3)19(25-21(30)24-16-11-15(23)9-10-17(16)32-4)20(29)27(13-18(28)26-31)12-14-7-5-6-8-14/h9-11,14,19,31H,5-8,12-13H2,1-4H3,(H,26,28)(H2,24,25,30)/t19-/m1/s1. The number of carbonyl (C=O) groups excluding carboxylic acids is 3. The van der Waals surface area contributed by atoms with Crippen molar-refractivity contribution in [1.29, 1.82) is 0 Å². The molecule has 0 aliphatic heterocycles. The molecule has 9 nitrogen and oxygen atoms in total. The average molecular weight is 469 g/mol. The van der Waals surface area contributed by atoms with E-state index in [0.717, 1.165) is 25.7 Å². The molecule has 1 aromatic carbocycles. The number of nitrogens with one attached hydrogen (secondary N) is 3. The smallest absolute Gasteiger partial charge is 0.320 e. The van der Waals surface area contributed by atoms with Gasteiger partial charge in [-0.2, -0.15) is 0 Å². The minimum absolute atomic E-state index is 0.288. The topological polar surface area (TPSA) is 120 Å². The summed E-state index contributed by atoms with van der Waals surface area (Å²) in [7, 11) is 1.47. The van der Waals surface area contributed by atoms with E-state index in [-0.39, 0.29) is 18.4 Å². The number of anilines is 1. The van der Waals surface area contributed by atoms with Crippen LogP contribution in [0.3, 0.4) is 0 Å². The highest BCUT2D eigenvalue weighted by Gasteiger charge is 2.37. The number of amides is 4. The number of hydrogen-bond acceptors (Lipinski definition) is 5. The van der Waals surface area contributed by atoms with E-state index in [0.29, 0.717) is 23.0 Å². The van der Waals surface area contributed by atoms with Gasteiger partial charge in [-0.15, -0.1) is 0 Å². The zero-order chi connectivity index (χ0) is 23.9. The lowest BCUT2D eigenvalue weighted by Gasteiger charge is -2.35. The Morgan fingerprint density at radius 2 is 1.91 bits per heavy atom. The molecule has 1 atom stereocenters. The molecule has 0 heterocycles. The number of carbonyl (C=O) groups is 3. The number of nitrogens with zero attached hydrogens (tertiary/aromatic N) is 1. The van der Waals surface area contributed by atoms with Crippen LogP contribution in [-0.4, -0.2) is 54.2 Å². The highest BCUT2D eigenvalue weighted by Crippen LogP contribution is 2.29. The predicted molar refractivity (Wildman–Crippen MR) is 122 cm³/mol.